The van der Waals surface area contributed by atoms with Crippen LogP contribution in [0.2, 0.25) is 0 Å². The van der Waals surface area contributed by atoms with Crippen LogP contribution in [0.5, 0.6) is 0 Å². The number of nitrogens with one attached hydrogen (secondary N) is 2. The van der Waals surface area contributed by atoms with E-state index in [-0.39, 0.29) is 22.2 Å². The fourth-order valence-corrected chi connectivity index (χ4v) is 4.15. The number of aromatic nitrogens is 1. The summed E-state index contributed by atoms with van der Waals surface area (Å²) in [6.45, 7) is 0. The predicted molar refractivity (Wildman–Crippen MR) is 86.9 cm³/mol. The molecule has 0 spiro atoms. The molecule has 2 aliphatic heterocycles. The molecule has 1 aromatic rings. The van der Waals surface area contributed by atoms with E-state index in [4.69, 9.17) is 5.11 Å². The van der Waals surface area contributed by atoms with E-state index in [1.165, 1.54) is 28.2 Å². The Morgan fingerprint density at radius 1 is 1.40 bits per heavy atom. The zero-order valence-corrected chi connectivity index (χ0v) is 13.9. The van der Waals surface area contributed by atoms with Gasteiger partial charge in [-0.3, -0.25) is 19.2 Å². The van der Waals surface area contributed by atoms with Gasteiger partial charge in [0.25, 0.3) is 17.6 Å². The van der Waals surface area contributed by atoms with Gasteiger partial charge in [0, 0.05) is 17.3 Å². The van der Waals surface area contributed by atoms with E-state index < -0.39 is 35.0 Å². The van der Waals surface area contributed by atoms with Crippen LogP contribution in [0.25, 0.3) is 0 Å². The van der Waals surface area contributed by atoms with Gasteiger partial charge in [-0.1, -0.05) is 0 Å². The minimum absolute atomic E-state index is 0.0909. The summed E-state index contributed by atoms with van der Waals surface area (Å²) in [5, 5.41) is 14.6. The molecule has 0 aromatic carbocycles. The fourth-order valence-electron chi connectivity index (χ4n) is 2.25. The van der Waals surface area contributed by atoms with E-state index in [9.17, 15) is 24.0 Å². The molecule has 0 bridgehead atoms. The average molecular weight is 382 g/mol. The molecular formula is C13H10N4O6S2. The van der Waals surface area contributed by atoms with Crippen molar-refractivity contribution in [3.63, 3.8) is 0 Å². The maximum absolute atomic E-state index is 12.0. The zero-order valence-electron chi connectivity index (χ0n) is 12.3. The first-order chi connectivity index (χ1) is 11.9. The largest absolute Gasteiger partial charge is 0.478 e. The molecule has 2 atom stereocenters. The summed E-state index contributed by atoms with van der Waals surface area (Å²) in [7, 11) is 0. The summed E-state index contributed by atoms with van der Waals surface area (Å²) in [6, 6.07) is -0.903. The van der Waals surface area contributed by atoms with E-state index in [1.54, 1.807) is 0 Å². The number of ketones is 1. The van der Waals surface area contributed by atoms with Gasteiger partial charge in [-0.2, -0.15) is 0 Å². The molecule has 1 unspecified atom stereocenters. The summed E-state index contributed by atoms with van der Waals surface area (Å²) in [6.07, 6.45) is 1.64. The summed E-state index contributed by atoms with van der Waals surface area (Å²) >= 11 is 2.17. The van der Waals surface area contributed by atoms with Gasteiger partial charge in [-0.05, 0) is 0 Å². The van der Waals surface area contributed by atoms with Crippen LogP contribution in [0.1, 0.15) is 10.5 Å². The van der Waals surface area contributed by atoms with Crippen LogP contribution < -0.4 is 10.6 Å². The van der Waals surface area contributed by atoms with E-state index in [0.717, 1.165) is 11.3 Å². The second-order valence-electron chi connectivity index (χ2n) is 4.99. The van der Waals surface area contributed by atoms with Crippen molar-refractivity contribution in [2.24, 2.45) is 0 Å². The normalized spacial score (nSPS) is 21.5. The highest BCUT2D eigenvalue weighted by Gasteiger charge is 2.50. The molecular weight excluding hydrogens is 372 g/mol. The Hall–Kier alpha value is -2.73. The van der Waals surface area contributed by atoms with Crippen molar-refractivity contribution in [3.05, 3.63) is 22.8 Å². The van der Waals surface area contributed by atoms with Crippen LogP contribution in [-0.2, 0) is 19.2 Å². The van der Waals surface area contributed by atoms with Crippen LogP contribution in [-0.4, -0.2) is 62.1 Å². The predicted octanol–water partition coefficient (Wildman–Crippen LogP) is -0.737. The van der Waals surface area contributed by atoms with E-state index in [1.807, 2.05) is 0 Å². The maximum atomic E-state index is 12.0. The minimum Gasteiger partial charge on any atom is -0.478 e. The summed E-state index contributed by atoms with van der Waals surface area (Å²) in [4.78, 5) is 62.4. The molecule has 0 saturated carbocycles. The quantitative estimate of drug-likeness (QED) is 0.252. The van der Waals surface area contributed by atoms with Crippen LogP contribution in [0.15, 0.2) is 17.2 Å². The van der Waals surface area contributed by atoms with Crippen LogP contribution in [0.4, 0.5) is 5.13 Å². The van der Waals surface area contributed by atoms with Gasteiger partial charge in [-0.25, -0.2) is 9.78 Å². The first kappa shape index (κ1) is 17.1. The van der Waals surface area contributed by atoms with Gasteiger partial charge in [0.1, 0.15) is 17.1 Å². The summed E-state index contributed by atoms with van der Waals surface area (Å²) < 4.78 is 0. The Labute approximate surface area is 148 Å². The van der Waals surface area contributed by atoms with Crippen molar-refractivity contribution in [1.29, 1.82) is 0 Å². The molecule has 1 fully saturated rings. The fraction of sp³-hybridized carbons (Fsp3) is 0.231. The lowest BCUT2D eigenvalue weighted by atomic mass is 10.1. The third kappa shape index (κ3) is 3.13. The standard InChI is InChI=1S/C13H10N4O6S2/c18-4-14-13-15-6(3-25-13)8(19)9(20)16-7-10(21)17-1-5(12(22)23)2-24-11(7)17/h1,3-4,7,11H,2H2,(H,16,20)(H,22,23)(H,14,15,18)/t7?,11-/m1/s1. The highest BCUT2D eigenvalue weighted by molar-refractivity contribution is 8.00. The van der Waals surface area contributed by atoms with Gasteiger partial charge in [0.15, 0.2) is 5.13 Å². The molecule has 0 radical (unpaired) electrons. The summed E-state index contributed by atoms with van der Waals surface area (Å²) in [5.74, 6) is -3.32. The molecule has 10 nitrogen and oxygen atoms in total. The van der Waals surface area contributed by atoms with Crippen molar-refractivity contribution in [2.45, 2.75) is 11.4 Å². The lowest BCUT2D eigenvalue weighted by Crippen LogP contribution is -2.69. The van der Waals surface area contributed by atoms with Crippen LogP contribution in [0.3, 0.4) is 0 Å². The van der Waals surface area contributed by atoms with Gasteiger partial charge >= 0.3 is 5.97 Å². The number of thioether (sulfide) groups is 1. The number of rotatable bonds is 6. The Kier molecular flexibility index (Phi) is 4.55. The number of carboxylic acid groups (broad SMARTS) is 1. The minimum atomic E-state index is -1.11. The van der Waals surface area contributed by atoms with E-state index in [0.29, 0.717) is 6.41 Å². The van der Waals surface area contributed by atoms with Gasteiger partial charge in [0.05, 0.1) is 5.57 Å². The van der Waals surface area contributed by atoms with Crippen molar-refractivity contribution >= 4 is 58.2 Å². The average Bonchev–Trinajstić information content (AvgIpc) is 3.06. The van der Waals surface area contributed by atoms with E-state index >= 15 is 0 Å². The molecule has 2 aliphatic rings. The second kappa shape index (κ2) is 6.64. The first-order valence-corrected chi connectivity index (χ1v) is 8.74. The molecule has 130 valence electrons. The third-order valence-corrected chi connectivity index (χ3v) is 5.56. The number of nitrogens with zero attached hydrogens (tertiary/aromatic N) is 2. The Morgan fingerprint density at radius 2 is 2.16 bits per heavy atom. The number of hydrogen-bond acceptors (Lipinski definition) is 8. The SMILES string of the molecule is O=CNc1nc(C(=O)C(=O)NC2C(=O)N3C=C(C(=O)O)CS[C@H]23)cs1. The Bertz CT molecular complexity index is 819. The third-order valence-electron chi connectivity index (χ3n) is 3.47. The number of thiazole rings is 1. The Morgan fingerprint density at radius 3 is 2.84 bits per heavy atom. The first-order valence-electron chi connectivity index (χ1n) is 6.81. The van der Waals surface area contributed by atoms with Crippen molar-refractivity contribution < 1.29 is 29.1 Å². The molecule has 3 amide bonds. The Balaban J connectivity index is 1.64. The number of anilines is 1. The van der Waals surface area contributed by atoms with Crippen molar-refractivity contribution in [3.8, 4) is 0 Å². The highest BCUT2D eigenvalue weighted by Crippen LogP contribution is 2.36. The number of carbonyl (C=O) groups is 5. The number of carboxylic acids is 1. The van der Waals surface area contributed by atoms with E-state index in [2.05, 4.69) is 15.6 Å². The molecule has 3 heterocycles. The lowest BCUT2D eigenvalue weighted by molar-refractivity contribution is -0.144. The van der Waals surface area contributed by atoms with Crippen LogP contribution in [0, 0.1) is 0 Å². The number of hydrogen-bond donors (Lipinski definition) is 3. The molecule has 12 heteroatoms. The number of β-lactam (4-membered cyclic amide) rings is 1. The number of Topliss-reactive ketones (excluding diaryl/α,β-unsaturated/α-hetero) is 1. The van der Waals surface area contributed by atoms with Gasteiger partial charge in [0.2, 0.25) is 6.41 Å². The number of fused-ring (bicyclic) bond motifs is 1. The molecule has 1 saturated heterocycles. The zero-order chi connectivity index (χ0) is 18.1. The number of carbonyl (C=O) groups excluding carboxylic acids is 4. The molecule has 3 N–H and O–H groups in total. The number of aliphatic carboxylic acids is 1. The highest BCUT2D eigenvalue weighted by atomic mass is 32.2. The van der Waals surface area contributed by atoms with Crippen molar-refractivity contribution in [2.75, 3.05) is 11.1 Å². The number of amides is 3. The smallest absolute Gasteiger partial charge is 0.333 e. The lowest BCUT2D eigenvalue weighted by Gasteiger charge is -2.46. The maximum Gasteiger partial charge on any atom is 0.333 e. The molecule has 25 heavy (non-hydrogen) atoms. The molecule has 1 aromatic heterocycles. The monoisotopic (exact) mass is 382 g/mol. The van der Waals surface area contributed by atoms with Crippen molar-refractivity contribution in [1.82, 2.24) is 15.2 Å². The molecule has 0 aliphatic carbocycles. The van der Waals surface area contributed by atoms with Gasteiger partial charge in [-0.15, -0.1) is 23.1 Å². The second-order valence-corrected chi connectivity index (χ2v) is 6.95. The summed E-state index contributed by atoms with van der Waals surface area (Å²) in [5.41, 5.74) is -0.0482. The van der Waals surface area contributed by atoms with Crippen LogP contribution >= 0.6 is 23.1 Å². The topological polar surface area (TPSA) is 146 Å². The molecule has 3 rings (SSSR count). The van der Waals surface area contributed by atoms with Gasteiger partial charge < -0.3 is 20.6 Å².